The molecule has 0 radical (unpaired) electrons. The quantitative estimate of drug-likeness (QED) is 0.492. The summed E-state index contributed by atoms with van der Waals surface area (Å²) in [6.45, 7) is 6.89. The molecule has 23 heavy (non-hydrogen) atoms. The maximum atomic E-state index is 11.1. The van der Waals surface area contributed by atoms with Gasteiger partial charge in [-0.1, -0.05) is 39.5 Å². The third-order valence-electron chi connectivity index (χ3n) is 2.69. The summed E-state index contributed by atoms with van der Waals surface area (Å²) in [7, 11) is 0. The van der Waals surface area contributed by atoms with Crippen LogP contribution >= 0.6 is 0 Å². The average molecular weight is 323 g/mol. The lowest BCUT2D eigenvalue weighted by Gasteiger charge is -2.08. The first kappa shape index (κ1) is 20.6. The lowest BCUT2D eigenvalue weighted by molar-refractivity contribution is -0.133. The van der Waals surface area contributed by atoms with Crippen molar-refractivity contribution in [2.45, 2.75) is 53.4 Å². The summed E-state index contributed by atoms with van der Waals surface area (Å²) in [6, 6.07) is 3.97. The molecule has 2 N–H and O–H groups in total. The average Bonchev–Trinajstić information content (AvgIpc) is 2.46. The largest absolute Gasteiger partial charge is 0.427 e. The molecule has 0 aromatic heterocycles. The number of primary amides is 1. The number of nitrogens with two attached hydrogens (primary N) is 1. The number of amides is 1. The first-order chi connectivity index (χ1) is 10.8. The van der Waals surface area contributed by atoms with Crippen LogP contribution in [0.5, 0.6) is 11.5 Å². The zero-order chi connectivity index (χ0) is 17.8. The molecule has 0 spiro atoms. The molecule has 0 unspecified atom stereocenters. The van der Waals surface area contributed by atoms with Crippen molar-refractivity contribution in [2.75, 3.05) is 0 Å². The van der Waals surface area contributed by atoms with Crippen molar-refractivity contribution < 1.29 is 23.9 Å². The van der Waals surface area contributed by atoms with E-state index in [1.807, 2.05) is 0 Å². The van der Waals surface area contributed by atoms with Crippen molar-refractivity contribution in [3.05, 3.63) is 23.8 Å². The van der Waals surface area contributed by atoms with Crippen LogP contribution in [0.15, 0.2) is 18.2 Å². The number of esters is 2. The minimum atomic E-state index is -0.782. The Labute approximate surface area is 137 Å². The molecular weight excluding hydrogens is 298 g/mol. The summed E-state index contributed by atoms with van der Waals surface area (Å²) >= 11 is 0. The van der Waals surface area contributed by atoms with Crippen molar-refractivity contribution >= 4 is 17.8 Å². The molecule has 0 aliphatic carbocycles. The lowest BCUT2D eigenvalue weighted by Crippen LogP contribution is -2.15. The van der Waals surface area contributed by atoms with E-state index in [4.69, 9.17) is 15.2 Å². The van der Waals surface area contributed by atoms with E-state index in [9.17, 15) is 14.4 Å². The van der Waals surface area contributed by atoms with Gasteiger partial charge in [-0.25, -0.2) is 0 Å². The molecule has 1 aromatic rings. The van der Waals surface area contributed by atoms with E-state index in [1.165, 1.54) is 57.7 Å². The van der Waals surface area contributed by atoms with Crippen LogP contribution in [-0.4, -0.2) is 17.8 Å². The highest BCUT2D eigenvalue weighted by Gasteiger charge is 2.13. The van der Waals surface area contributed by atoms with E-state index in [-0.39, 0.29) is 17.1 Å². The molecular formula is C17H25NO5. The highest BCUT2D eigenvalue weighted by molar-refractivity contribution is 5.97. The van der Waals surface area contributed by atoms with Crippen LogP contribution in [0.3, 0.4) is 0 Å². The van der Waals surface area contributed by atoms with Gasteiger partial charge in [0.1, 0.15) is 11.5 Å². The molecule has 0 aliphatic rings. The van der Waals surface area contributed by atoms with Gasteiger partial charge in [0.05, 0.1) is 5.56 Å². The number of ether oxygens (including phenoxy) is 2. The Morgan fingerprint density at radius 2 is 1.48 bits per heavy atom. The van der Waals surface area contributed by atoms with Gasteiger partial charge in [-0.15, -0.1) is 0 Å². The van der Waals surface area contributed by atoms with Crippen molar-refractivity contribution in [3.8, 4) is 11.5 Å². The number of hydrogen-bond acceptors (Lipinski definition) is 5. The van der Waals surface area contributed by atoms with E-state index in [1.54, 1.807) is 0 Å². The summed E-state index contributed by atoms with van der Waals surface area (Å²) in [5.74, 6) is -1.70. The van der Waals surface area contributed by atoms with Gasteiger partial charge in [0, 0.05) is 13.8 Å². The highest BCUT2D eigenvalue weighted by atomic mass is 16.5. The molecule has 0 saturated carbocycles. The Morgan fingerprint density at radius 1 is 0.957 bits per heavy atom. The normalized spacial score (nSPS) is 9.39. The van der Waals surface area contributed by atoms with Crippen LogP contribution < -0.4 is 15.2 Å². The Morgan fingerprint density at radius 3 is 1.87 bits per heavy atom. The smallest absolute Gasteiger partial charge is 0.308 e. The molecule has 1 rings (SSSR count). The summed E-state index contributed by atoms with van der Waals surface area (Å²) in [5, 5.41) is 0. The van der Waals surface area contributed by atoms with Crippen LogP contribution in [0.2, 0.25) is 0 Å². The number of rotatable bonds is 6. The minimum Gasteiger partial charge on any atom is -0.427 e. The SMILES string of the molecule is CC(=O)Oc1ccc(OC(C)=O)c(C(N)=O)c1.CCCCCC. The van der Waals surface area contributed by atoms with Crippen LogP contribution in [-0.2, 0) is 9.59 Å². The van der Waals surface area contributed by atoms with Gasteiger partial charge in [-0.2, -0.15) is 0 Å². The standard InChI is InChI=1S/C11H11NO5.C6H14/c1-6(13)16-8-3-4-10(17-7(2)14)9(5-8)11(12)15;1-3-5-6-4-2/h3-5H,1-2H3,(H2,12,15);3-6H2,1-2H3. The monoisotopic (exact) mass is 323 g/mol. The van der Waals surface area contributed by atoms with Gasteiger partial charge in [-0.3, -0.25) is 14.4 Å². The predicted molar refractivity (Wildman–Crippen MR) is 87.4 cm³/mol. The molecule has 0 bridgehead atoms. The first-order valence-electron chi connectivity index (χ1n) is 7.62. The van der Waals surface area contributed by atoms with Gasteiger partial charge < -0.3 is 15.2 Å². The van der Waals surface area contributed by atoms with Gasteiger partial charge in [0.2, 0.25) is 0 Å². The maximum absolute atomic E-state index is 11.1. The van der Waals surface area contributed by atoms with Crippen molar-refractivity contribution in [2.24, 2.45) is 5.73 Å². The summed E-state index contributed by atoms with van der Waals surface area (Å²) in [6.07, 6.45) is 5.54. The van der Waals surface area contributed by atoms with Gasteiger partial charge in [-0.05, 0) is 18.2 Å². The van der Waals surface area contributed by atoms with Crippen LogP contribution in [0.25, 0.3) is 0 Å². The Kier molecular flexibility index (Phi) is 10.1. The zero-order valence-electron chi connectivity index (χ0n) is 14.2. The number of carbonyl (C=O) groups excluding carboxylic acids is 3. The summed E-state index contributed by atoms with van der Waals surface area (Å²) in [5.41, 5.74) is 5.09. The molecule has 0 fully saturated rings. The molecule has 128 valence electrons. The van der Waals surface area contributed by atoms with Gasteiger partial charge in [0.25, 0.3) is 5.91 Å². The topological polar surface area (TPSA) is 95.7 Å². The van der Waals surface area contributed by atoms with Gasteiger partial charge in [0.15, 0.2) is 0 Å². The molecule has 6 heteroatoms. The second-order valence-corrected chi connectivity index (χ2v) is 4.92. The minimum absolute atomic E-state index is 0.0286. The van der Waals surface area contributed by atoms with E-state index in [0.717, 1.165) is 0 Å². The first-order valence-corrected chi connectivity index (χ1v) is 7.62. The van der Waals surface area contributed by atoms with Crippen LogP contribution in [0.4, 0.5) is 0 Å². The third kappa shape index (κ3) is 9.29. The van der Waals surface area contributed by atoms with Gasteiger partial charge >= 0.3 is 11.9 Å². The Balaban J connectivity index is 0.000000688. The fourth-order valence-corrected chi connectivity index (χ4v) is 1.67. The zero-order valence-corrected chi connectivity index (χ0v) is 14.2. The molecule has 1 aromatic carbocycles. The number of unbranched alkanes of at least 4 members (excludes halogenated alkanes) is 3. The van der Waals surface area contributed by atoms with E-state index >= 15 is 0 Å². The Bertz CT molecular complexity index is 536. The van der Waals surface area contributed by atoms with E-state index < -0.39 is 17.8 Å². The molecule has 0 aliphatic heterocycles. The molecule has 0 heterocycles. The highest BCUT2D eigenvalue weighted by Crippen LogP contribution is 2.24. The fraction of sp³-hybridized carbons (Fsp3) is 0.471. The second kappa shape index (κ2) is 11.2. The molecule has 6 nitrogen and oxygen atoms in total. The van der Waals surface area contributed by atoms with E-state index in [2.05, 4.69) is 13.8 Å². The van der Waals surface area contributed by atoms with E-state index in [0.29, 0.717) is 0 Å². The third-order valence-corrected chi connectivity index (χ3v) is 2.69. The predicted octanol–water partition coefficient (Wildman–Crippen LogP) is 3.22. The van der Waals surface area contributed by atoms with Crippen molar-refractivity contribution in [1.29, 1.82) is 0 Å². The molecule has 0 saturated heterocycles. The second-order valence-electron chi connectivity index (χ2n) is 4.92. The van der Waals surface area contributed by atoms with Crippen molar-refractivity contribution in [1.82, 2.24) is 0 Å². The lowest BCUT2D eigenvalue weighted by atomic mass is 10.2. The number of hydrogen-bond donors (Lipinski definition) is 1. The van der Waals surface area contributed by atoms with Crippen molar-refractivity contribution in [3.63, 3.8) is 0 Å². The Hall–Kier alpha value is -2.37. The fourth-order valence-electron chi connectivity index (χ4n) is 1.67. The number of carbonyl (C=O) groups is 3. The van der Waals surface area contributed by atoms with Crippen LogP contribution in [0, 0.1) is 0 Å². The molecule has 1 amide bonds. The summed E-state index contributed by atoms with van der Waals surface area (Å²) in [4.78, 5) is 32.7. The summed E-state index contributed by atoms with van der Waals surface area (Å²) < 4.78 is 9.56. The maximum Gasteiger partial charge on any atom is 0.308 e. The van der Waals surface area contributed by atoms with Crippen LogP contribution in [0.1, 0.15) is 63.7 Å². The number of benzene rings is 1. The molecule has 0 atom stereocenters.